The number of benzene rings is 2. The van der Waals surface area contributed by atoms with Gasteiger partial charge in [0.1, 0.15) is 17.3 Å². The van der Waals surface area contributed by atoms with E-state index in [-0.39, 0.29) is 16.1 Å². The Morgan fingerprint density at radius 2 is 1.67 bits per heavy atom. The molecule has 3 aromatic rings. The Morgan fingerprint density at radius 3 is 2.31 bits per heavy atom. The average Bonchev–Trinajstić information content (AvgIpc) is 3.24. The zero-order valence-corrected chi connectivity index (χ0v) is 19.1. The number of hydrogen-bond donors (Lipinski definition) is 0. The quantitative estimate of drug-likeness (QED) is 0.383. The number of alkyl halides is 5. The molecule has 1 aliphatic rings. The number of nitrogens with zero attached hydrogens (tertiary/aromatic N) is 3. The van der Waals surface area contributed by atoms with E-state index in [1.807, 2.05) is 0 Å². The fourth-order valence-electron chi connectivity index (χ4n) is 3.72. The molecule has 4 rings (SSSR count). The molecule has 0 fully saturated rings. The highest BCUT2D eigenvalue weighted by molar-refractivity contribution is 7.90. The summed E-state index contributed by atoms with van der Waals surface area (Å²) >= 11 is 0. The Kier molecular flexibility index (Phi) is 6.31. The van der Waals surface area contributed by atoms with E-state index < -0.39 is 51.7 Å². The maximum absolute atomic E-state index is 14.6. The van der Waals surface area contributed by atoms with Crippen LogP contribution in [0.1, 0.15) is 18.0 Å². The highest BCUT2D eigenvalue weighted by Gasteiger charge is 2.63. The highest BCUT2D eigenvalue weighted by Crippen LogP contribution is 2.45. The highest BCUT2D eigenvalue weighted by atomic mass is 32.2. The molecule has 0 saturated heterocycles. The standard InChI is InChI=1S/C23H16F7N3O2S/c1-36(34,35)17-8-14(11-31-12-17)13-3-2-4-16(7-13)33-20(18-6-5-15(24)9-19(18)25)10-21(32-33)22(26,27)23(28,29)30/h2-9,11-12,20H,10H2,1H3. The van der Waals surface area contributed by atoms with Crippen LogP contribution < -0.4 is 5.01 Å². The van der Waals surface area contributed by atoms with Crippen molar-refractivity contribution in [2.45, 2.75) is 29.5 Å². The summed E-state index contributed by atoms with van der Waals surface area (Å²) in [6.07, 6.45) is -3.47. The number of aromatic nitrogens is 1. The Morgan fingerprint density at radius 1 is 0.944 bits per heavy atom. The van der Waals surface area contributed by atoms with Crippen LogP contribution in [0.4, 0.5) is 36.4 Å². The van der Waals surface area contributed by atoms with Gasteiger partial charge in [0.05, 0.1) is 16.6 Å². The molecule has 2 heterocycles. The molecule has 0 radical (unpaired) electrons. The predicted molar refractivity (Wildman–Crippen MR) is 117 cm³/mol. The molecule has 1 atom stereocenters. The van der Waals surface area contributed by atoms with E-state index in [1.54, 1.807) is 0 Å². The van der Waals surface area contributed by atoms with Crippen LogP contribution in [-0.4, -0.2) is 37.5 Å². The lowest BCUT2D eigenvalue weighted by molar-refractivity contribution is -0.249. The minimum absolute atomic E-state index is 0.0129. The summed E-state index contributed by atoms with van der Waals surface area (Å²) in [6, 6.07) is 7.85. The molecule has 0 spiro atoms. The second-order valence-corrected chi connectivity index (χ2v) is 10.1. The van der Waals surface area contributed by atoms with Crippen LogP contribution in [0.15, 0.2) is 70.9 Å². The van der Waals surface area contributed by atoms with E-state index in [1.165, 1.54) is 36.5 Å². The van der Waals surface area contributed by atoms with E-state index in [9.17, 15) is 39.2 Å². The Labute approximate surface area is 200 Å². The van der Waals surface area contributed by atoms with Crippen molar-refractivity contribution in [3.8, 4) is 11.1 Å². The molecule has 0 bridgehead atoms. The van der Waals surface area contributed by atoms with Gasteiger partial charge in [-0.1, -0.05) is 18.2 Å². The third-order valence-corrected chi connectivity index (χ3v) is 6.62. The van der Waals surface area contributed by atoms with Crippen LogP contribution in [0, 0.1) is 11.6 Å². The minimum Gasteiger partial charge on any atom is -0.263 e. The van der Waals surface area contributed by atoms with Crippen molar-refractivity contribution in [1.82, 2.24) is 4.98 Å². The molecule has 0 N–H and O–H groups in total. The van der Waals surface area contributed by atoms with Crippen molar-refractivity contribution in [3.63, 3.8) is 0 Å². The summed E-state index contributed by atoms with van der Waals surface area (Å²) < 4.78 is 119. The normalized spacial score (nSPS) is 16.8. The van der Waals surface area contributed by atoms with Crippen molar-refractivity contribution < 1.29 is 39.2 Å². The zero-order chi connectivity index (χ0) is 26.5. The van der Waals surface area contributed by atoms with Crippen molar-refractivity contribution in [3.05, 3.63) is 78.1 Å². The predicted octanol–water partition coefficient (Wildman–Crippen LogP) is 5.94. The molecule has 13 heteroatoms. The summed E-state index contributed by atoms with van der Waals surface area (Å²) in [7, 11) is -3.61. The number of pyridine rings is 1. The van der Waals surface area contributed by atoms with Gasteiger partial charge in [-0.25, -0.2) is 17.2 Å². The lowest BCUT2D eigenvalue weighted by Crippen LogP contribution is -2.43. The Bertz CT molecular complexity index is 1460. The minimum atomic E-state index is -5.94. The smallest absolute Gasteiger partial charge is 0.263 e. The first-order valence-electron chi connectivity index (χ1n) is 10.2. The fourth-order valence-corrected chi connectivity index (χ4v) is 4.32. The topological polar surface area (TPSA) is 62.6 Å². The molecule has 1 aromatic heterocycles. The molecule has 1 unspecified atom stereocenters. The van der Waals surface area contributed by atoms with Gasteiger partial charge < -0.3 is 0 Å². The molecule has 36 heavy (non-hydrogen) atoms. The Hall–Kier alpha value is -3.48. The summed E-state index contributed by atoms with van der Waals surface area (Å²) in [5, 5.41) is 4.33. The summed E-state index contributed by atoms with van der Waals surface area (Å²) in [6.45, 7) is 0. The zero-order valence-electron chi connectivity index (χ0n) is 18.3. The number of hydrazone groups is 1. The van der Waals surface area contributed by atoms with Gasteiger partial charge in [0, 0.05) is 42.3 Å². The lowest BCUT2D eigenvalue weighted by atomic mass is 9.98. The van der Waals surface area contributed by atoms with Gasteiger partial charge in [-0.2, -0.15) is 27.1 Å². The fraction of sp³-hybridized carbons (Fsp3) is 0.217. The number of halogens is 7. The monoisotopic (exact) mass is 531 g/mol. The summed E-state index contributed by atoms with van der Waals surface area (Å²) in [5.41, 5.74) is -1.20. The SMILES string of the molecule is CS(=O)(=O)c1cncc(-c2cccc(N3N=C(C(F)(F)C(F)(F)F)CC3c3ccc(F)cc3F)c2)c1. The first kappa shape index (κ1) is 25.6. The van der Waals surface area contributed by atoms with Crippen LogP contribution in [0.3, 0.4) is 0 Å². The number of sulfone groups is 1. The van der Waals surface area contributed by atoms with Gasteiger partial charge in [-0.15, -0.1) is 0 Å². The van der Waals surface area contributed by atoms with Gasteiger partial charge in [-0.05, 0) is 29.8 Å². The molecular formula is C23H16F7N3O2S. The van der Waals surface area contributed by atoms with Crippen LogP contribution in [-0.2, 0) is 9.84 Å². The van der Waals surface area contributed by atoms with Crippen molar-refractivity contribution >= 4 is 21.2 Å². The van der Waals surface area contributed by atoms with Gasteiger partial charge in [-0.3, -0.25) is 9.99 Å². The third kappa shape index (κ3) is 4.79. The van der Waals surface area contributed by atoms with Crippen molar-refractivity contribution in [1.29, 1.82) is 0 Å². The van der Waals surface area contributed by atoms with Gasteiger partial charge in [0.15, 0.2) is 9.84 Å². The molecule has 190 valence electrons. The van der Waals surface area contributed by atoms with Gasteiger partial charge in [0.2, 0.25) is 0 Å². The first-order valence-corrected chi connectivity index (χ1v) is 12.1. The van der Waals surface area contributed by atoms with E-state index in [4.69, 9.17) is 0 Å². The molecular weight excluding hydrogens is 515 g/mol. The summed E-state index contributed by atoms with van der Waals surface area (Å²) in [4.78, 5) is 3.78. The molecule has 0 amide bonds. The second-order valence-electron chi connectivity index (χ2n) is 8.08. The van der Waals surface area contributed by atoms with E-state index >= 15 is 0 Å². The van der Waals surface area contributed by atoms with E-state index in [0.29, 0.717) is 17.2 Å². The van der Waals surface area contributed by atoms with Crippen LogP contribution in [0.25, 0.3) is 11.1 Å². The van der Waals surface area contributed by atoms with Crippen LogP contribution in [0.5, 0.6) is 0 Å². The molecule has 1 aliphatic heterocycles. The van der Waals surface area contributed by atoms with E-state index in [2.05, 4.69) is 10.1 Å². The molecule has 0 saturated carbocycles. The van der Waals surface area contributed by atoms with Crippen LogP contribution in [0.2, 0.25) is 0 Å². The number of anilines is 1. The van der Waals surface area contributed by atoms with Crippen molar-refractivity contribution in [2.24, 2.45) is 5.10 Å². The summed E-state index contributed by atoms with van der Waals surface area (Å²) in [5.74, 6) is -7.39. The van der Waals surface area contributed by atoms with Crippen molar-refractivity contribution in [2.75, 3.05) is 11.3 Å². The van der Waals surface area contributed by atoms with Gasteiger partial charge in [0.25, 0.3) is 0 Å². The van der Waals surface area contributed by atoms with E-state index in [0.717, 1.165) is 29.6 Å². The van der Waals surface area contributed by atoms with Gasteiger partial charge >= 0.3 is 12.1 Å². The molecule has 0 aliphatic carbocycles. The van der Waals surface area contributed by atoms with Crippen LogP contribution >= 0.6 is 0 Å². The molecule has 5 nitrogen and oxygen atoms in total. The maximum Gasteiger partial charge on any atom is 0.459 e. The Balaban J connectivity index is 1.83. The lowest BCUT2D eigenvalue weighted by Gasteiger charge is -2.25. The molecule has 2 aromatic carbocycles. The second kappa shape index (κ2) is 8.87. The third-order valence-electron chi connectivity index (χ3n) is 5.54. The number of hydrogen-bond acceptors (Lipinski definition) is 5. The maximum atomic E-state index is 14.6. The number of rotatable bonds is 5. The largest absolute Gasteiger partial charge is 0.459 e. The average molecular weight is 531 g/mol. The first-order chi connectivity index (χ1) is 16.7.